The molecular formula is C42H62O4. The Morgan fingerprint density at radius 2 is 0.870 bits per heavy atom. The first kappa shape index (κ1) is 39.0. The van der Waals surface area contributed by atoms with Crippen LogP contribution in [0.5, 0.6) is 11.5 Å². The zero-order valence-electron chi connectivity index (χ0n) is 29.7. The third kappa shape index (κ3) is 15.4. The summed E-state index contributed by atoms with van der Waals surface area (Å²) in [6.07, 6.45) is 24.7. The molecule has 4 heteroatoms. The zero-order chi connectivity index (χ0) is 33.6. The molecule has 2 rings (SSSR count). The normalized spacial score (nSPS) is 11.0. The lowest BCUT2D eigenvalue weighted by molar-refractivity contribution is -0.130. The maximum Gasteiger partial charge on any atom is 0.338 e. The van der Waals surface area contributed by atoms with E-state index in [1.54, 1.807) is 13.8 Å². The van der Waals surface area contributed by atoms with E-state index in [0.717, 1.165) is 31.2 Å². The number of carbonyl (C=O) groups excluding carboxylic acids is 2. The van der Waals surface area contributed by atoms with Crippen LogP contribution in [0.4, 0.5) is 0 Å². The Balaban J connectivity index is 2.27. The molecule has 2 aromatic rings. The first-order chi connectivity index (χ1) is 22.3. The molecule has 0 fully saturated rings. The molecule has 0 saturated heterocycles. The number of benzene rings is 2. The van der Waals surface area contributed by atoms with Crippen LogP contribution < -0.4 is 9.47 Å². The fourth-order valence-corrected chi connectivity index (χ4v) is 5.89. The second kappa shape index (κ2) is 23.2. The van der Waals surface area contributed by atoms with E-state index < -0.39 is 5.97 Å². The third-order valence-electron chi connectivity index (χ3n) is 8.64. The minimum Gasteiger partial charge on any atom is -0.423 e. The van der Waals surface area contributed by atoms with Gasteiger partial charge in [-0.2, -0.15) is 0 Å². The summed E-state index contributed by atoms with van der Waals surface area (Å²) in [6.45, 7) is 15.3. The Morgan fingerprint density at radius 1 is 0.522 bits per heavy atom. The van der Waals surface area contributed by atoms with Crippen LogP contribution in [0.15, 0.2) is 60.7 Å². The van der Waals surface area contributed by atoms with E-state index >= 15 is 0 Å². The Bertz CT molecular complexity index is 1160. The van der Waals surface area contributed by atoms with Crippen LogP contribution in [0.2, 0.25) is 0 Å². The van der Waals surface area contributed by atoms with Crippen molar-refractivity contribution in [2.24, 2.45) is 0 Å². The molecule has 0 saturated carbocycles. The van der Waals surface area contributed by atoms with E-state index in [2.05, 4.69) is 39.1 Å². The number of carbonyl (C=O) groups is 2. The summed E-state index contributed by atoms with van der Waals surface area (Å²) >= 11 is 0. The molecule has 0 radical (unpaired) electrons. The van der Waals surface area contributed by atoms with Crippen LogP contribution in [0, 0.1) is 0 Å². The third-order valence-corrected chi connectivity index (χ3v) is 8.64. The number of unbranched alkanes of at least 4 members (excludes halogenated alkanes) is 16. The van der Waals surface area contributed by atoms with Gasteiger partial charge in [0.25, 0.3) is 0 Å². The molecule has 0 unspecified atom stereocenters. The lowest BCUT2D eigenvalue weighted by Crippen LogP contribution is -2.10. The van der Waals surface area contributed by atoms with Crippen molar-refractivity contribution in [2.75, 3.05) is 0 Å². The Kier molecular flexibility index (Phi) is 19.7. The quantitative estimate of drug-likeness (QED) is 0.0474. The average Bonchev–Trinajstić information content (AvgIpc) is 3.03. The molecule has 0 heterocycles. The van der Waals surface area contributed by atoms with Crippen molar-refractivity contribution in [2.45, 2.75) is 156 Å². The van der Waals surface area contributed by atoms with Gasteiger partial charge in [-0.3, -0.25) is 0 Å². The standard InChI is InChI=1S/C42H62O4/c1-7-9-11-13-15-17-19-21-23-25-36-31-39(46-42(44)34(5)6)32-37(26-24-22-20-18-16-14-12-10-8-2)40(36)35-27-29-38(30-28-35)45-41(43)33(3)4/h27-32H,3,5,7-26H2,1-2,4,6H3. The summed E-state index contributed by atoms with van der Waals surface area (Å²) < 4.78 is 11.3. The molecule has 0 aromatic heterocycles. The van der Waals surface area contributed by atoms with Gasteiger partial charge in [-0.25, -0.2) is 9.59 Å². The topological polar surface area (TPSA) is 52.6 Å². The van der Waals surface area contributed by atoms with E-state index in [-0.39, 0.29) is 5.97 Å². The minimum absolute atomic E-state index is 0.371. The van der Waals surface area contributed by atoms with Gasteiger partial charge in [-0.05, 0) is 86.1 Å². The first-order valence-corrected chi connectivity index (χ1v) is 18.3. The second-order valence-corrected chi connectivity index (χ2v) is 13.1. The Labute approximate surface area is 281 Å². The van der Waals surface area contributed by atoms with Gasteiger partial charge in [0.05, 0.1) is 0 Å². The van der Waals surface area contributed by atoms with Crippen LogP contribution >= 0.6 is 0 Å². The van der Waals surface area contributed by atoms with Gasteiger partial charge in [-0.1, -0.05) is 142 Å². The van der Waals surface area contributed by atoms with Crippen LogP contribution in [-0.4, -0.2) is 11.9 Å². The van der Waals surface area contributed by atoms with Crippen molar-refractivity contribution in [3.8, 4) is 22.6 Å². The first-order valence-electron chi connectivity index (χ1n) is 18.3. The van der Waals surface area contributed by atoms with Crippen LogP contribution in [0.3, 0.4) is 0 Å². The predicted octanol–water partition coefficient (Wildman–Crippen LogP) is 12.5. The fourth-order valence-electron chi connectivity index (χ4n) is 5.89. The lowest BCUT2D eigenvalue weighted by Gasteiger charge is -2.19. The summed E-state index contributed by atoms with van der Waals surface area (Å²) in [4.78, 5) is 24.6. The number of aryl methyl sites for hydroxylation is 2. The number of rotatable bonds is 25. The van der Waals surface area contributed by atoms with Gasteiger partial charge in [0.1, 0.15) is 11.5 Å². The maximum atomic E-state index is 12.5. The molecular weight excluding hydrogens is 568 g/mol. The molecule has 0 atom stereocenters. The van der Waals surface area contributed by atoms with Crippen molar-refractivity contribution in [3.63, 3.8) is 0 Å². The molecule has 0 aliphatic rings. The highest BCUT2D eigenvalue weighted by molar-refractivity contribution is 5.89. The van der Waals surface area contributed by atoms with Gasteiger partial charge in [-0.15, -0.1) is 0 Å². The highest BCUT2D eigenvalue weighted by atomic mass is 16.5. The summed E-state index contributed by atoms with van der Waals surface area (Å²) in [6, 6.07) is 11.9. The summed E-state index contributed by atoms with van der Waals surface area (Å²) in [5.74, 6) is 0.290. The Hall–Kier alpha value is -3.14. The second-order valence-electron chi connectivity index (χ2n) is 13.1. The van der Waals surface area contributed by atoms with E-state index in [4.69, 9.17) is 9.47 Å². The predicted molar refractivity (Wildman–Crippen MR) is 195 cm³/mol. The molecule has 0 N–H and O–H groups in total. The highest BCUT2D eigenvalue weighted by Gasteiger charge is 2.17. The lowest BCUT2D eigenvalue weighted by atomic mass is 9.88. The van der Waals surface area contributed by atoms with Crippen LogP contribution in [0.25, 0.3) is 11.1 Å². The SMILES string of the molecule is C=C(C)C(=O)Oc1ccc(-c2c(CCCCCCCCCCC)cc(OC(=O)C(=C)C)cc2CCCCCCCCCCC)cc1. The number of esters is 2. The van der Waals surface area contributed by atoms with Gasteiger partial charge < -0.3 is 9.47 Å². The van der Waals surface area contributed by atoms with Crippen LogP contribution in [0.1, 0.15) is 154 Å². The van der Waals surface area contributed by atoms with E-state index in [1.807, 2.05) is 24.3 Å². The highest BCUT2D eigenvalue weighted by Crippen LogP contribution is 2.35. The molecule has 0 aliphatic carbocycles. The van der Waals surface area contributed by atoms with Crippen molar-refractivity contribution >= 4 is 11.9 Å². The van der Waals surface area contributed by atoms with Gasteiger partial charge in [0.2, 0.25) is 0 Å². The monoisotopic (exact) mass is 630 g/mol. The van der Waals surface area contributed by atoms with Crippen molar-refractivity contribution in [1.29, 1.82) is 0 Å². The molecule has 0 amide bonds. The molecule has 0 aliphatic heterocycles. The number of hydrogen-bond acceptors (Lipinski definition) is 4. The number of hydrogen-bond donors (Lipinski definition) is 0. The molecule has 254 valence electrons. The summed E-state index contributed by atoms with van der Waals surface area (Å²) in [5, 5.41) is 0. The molecule has 0 bridgehead atoms. The van der Waals surface area contributed by atoms with E-state index in [0.29, 0.717) is 22.6 Å². The van der Waals surface area contributed by atoms with Crippen molar-refractivity contribution < 1.29 is 19.1 Å². The Morgan fingerprint density at radius 3 is 1.24 bits per heavy atom. The van der Waals surface area contributed by atoms with Crippen molar-refractivity contribution in [3.05, 3.63) is 71.8 Å². The average molecular weight is 631 g/mol. The van der Waals surface area contributed by atoms with Gasteiger partial charge >= 0.3 is 11.9 Å². The maximum absolute atomic E-state index is 12.5. The molecule has 4 nitrogen and oxygen atoms in total. The minimum atomic E-state index is -0.423. The van der Waals surface area contributed by atoms with Crippen LogP contribution in [-0.2, 0) is 22.4 Å². The fraction of sp³-hybridized carbons (Fsp3) is 0.571. The van der Waals surface area contributed by atoms with E-state index in [9.17, 15) is 9.59 Å². The van der Waals surface area contributed by atoms with E-state index in [1.165, 1.54) is 119 Å². The zero-order valence-corrected chi connectivity index (χ0v) is 29.7. The largest absolute Gasteiger partial charge is 0.423 e. The van der Waals surface area contributed by atoms with Gasteiger partial charge in [0.15, 0.2) is 0 Å². The summed E-state index contributed by atoms with van der Waals surface area (Å²) in [7, 11) is 0. The summed E-state index contributed by atoms with van der Waals surface area (Å²) in [5.41, 5.74) is 5.47. The van der Waals surface area contributed by atoms with Crippen molar-refractivity contribution in [1.82, 2.24) is 0 Å². The molecule has 46 heavy (non-hydrogen) atoms. The number of ether oxygens (including phenoxy) is 2. The van der Waals surface area contributed by atoms with Gasteiger partial charge in [0, 0.05) is 11.1 Å². The smallest absolute Gasteiger partial charge is 0.338 e. The molecule has 0 spiro atoms. The molecule has 2 aromatic carbocycles.